The third-order valence-corrected chi connectivity index (χ3v) is 7.78. The van der Waals surface area contributed by atoms with Gasteiger partial charge in [0.2, 0.25) is 0 Å². The number of aryl methyl sites for hydroxylation is 1. The van der Waals surface area contributed by atoms with Crippen LogP contribution in [0.25, 0.3) is 0 Å². The number of pyridine rings is 2. The van der Waals surface area contributed by atoms with Gasteiger partial charge in [-0.15, -0.1) is 0 Å². The predicted molar refractivity (Wildman–Crippen MR) is 147 cm³/mol. The number of likely N-dealkylation sites (tertiary alicyclic amines) is 1. The number of halogens is 3. The normalized spacial score (nSPS) is 25.2. The van der Waals surface area contributed by atoms with Crippen LogP contribution >= 0.6 is 0 Å². The largest absolute Gasteiger partial charge is 0.480 e. The molecule has 0 aromatic carbocycles. The first-order valence-electron chi connectivity index (χ1n) is 13.7. The Morgan fingerprint density at radius 1 is 1.17 bits per heavy atom. The zero-order chi connectivity index (χ0) is 30.3. The number of nitrogens with one attached hydrogen (secondary N) is 1. The summed E-state index contributed by atoms with van der Waals surface area (Å²) in [5.74, 6) is -1.93. The van der Waals surface area contributed by atoms with Crippen LogP contribution in [0.4, 0.5) is 24.8 Å². The lowest BCUT2D eigenvalue weighted by atomic mass is 9.72. The Kier molecular flexibility index (Phi) is 8.54. The van der Waals surface area contributed by atoms with E-state index >= 15 is 0 Å². The van der Waals surface area contributed by atoms with E-state index in [9.17, 15) is 27.9 Å². The summed E-state index contributed by atoms with van der Waals surface area (Å²) in [6.45, 7) is 7.46. The fourth-order valence-corrected chi connectivity index (χ4v) is 6.18. The number of carbonyl (C=O) groups excluding carboxylic acids is 1. The van der Waals surface area contributed by atoms with Crippen LogP contribution in [-0.4, -0.2) is 70.7 Å². The maximum absolute atomic E-state index is 14.2. The third kappa shape index (κ3) is 6.27. The number of aromatic nitrogens is 2. The highest BCUT2D eigenvalue weighted by Crippen LogP contribution is 2.51. The van der Waals surface area contributed by atoms with E-state index in [0.29, 0.717) is 24.4 Å². The highest BCUT2D eigenvalue weighted by molar-refractivity contribution is 5.88. The molecule has 2 aliphatic rings. The smallest absolute Gasteiger partial charge is 0.416 e. The van der Waals surface area contributed by atoms with Crippen LogP contribution in [0, 0.1) is 18.3 Å². The summed E-state index contributed by atoms with van der Waals surface area (Å²) in [5.41, 5.74) is -0.847. The van der Waals surface area contributed by atoms with Gasteiger partial charge in [-0.05, 0) is 49.8 Å². The van der Waals surface area contributed by atoms with Gasteiger partial charge in [0.15, 0.2) is 0 Å². The molecule has 4 rings (SSSR count). The van der Waals surface area contributed by atoms with Gasteiger partial charge in [-0.3, -0.25) is 4.79 Å². The number of nitrogens with zero attached hydrogens (tertiary/aromatic N) is 4. The number of carbonyl (C=O) groups is 2. The van der Waals surface area contributed by atoms with Crippen molar-refractivity contribution in [2.24, 2.45) is 11.3 Å². The standard InChI is InChI=1S/C29H38F3N5O4/c1-16-14-17(29(30,31)32)15-20(34-16)35-22-21(28(2,3)4)24(27(39)40)37(26(38)19-11-7-8-13-41-19)23(22)18-10-9-12-33-25(18)36(5)6/h9-10,12,14-15,19,21-24H,7-8,11,13H2,1-6H3,(H,34,35)(H,39,40)/t19-,21+,22+,23+,24+/m1/s1. The summed E-state index contributed by atoms with van der Waals surface area (Å²) in [6, 6.07) is 2.33. The van der Waals surface area contributed by atoms with Crippen molar-refractivity contribution in [1.29, 1.82) is 0 Å². The topological polar surface area (TPSA) is 108 Å². The number of hydrogen-bond acceptors (Lipinski definition) is 7. The Balaban J connectivity index is 1.96. The molecule has 0 aliphatic carbocycles. The van der Waals surface area contributed by atoms with Crippen molar-refractivity contribution >= 4 is 23.5 Å². The lowest BCUT2D eigenvalue weighted by molar-refractivity contribution is -0.159. The summed E-state index contributed by atoms with van der Waals surface area (Å²) in [4.78, 5) is 39.2. The van der Waals surface area contributed by atoms with Gasteiger partial charge < -0.3 is 25.0 Å². The lowest BCUT2D eigenvalue weighted by Crippen LogP contribution is -2.51. The first kappa shape index (κ1) is 30.5. The minimum absolute atomic E-state index is 0.0516. The van der Waals surface area contributed by atoms with Gasteiger partial charge in [0.25, 0.3) is 5.91 Å². The molecule has 2 saturated heterocycles. The molecule has 2 N–H and O–H groups in total. The summed E-state index contributed by atoms with van der Waals surface area (Å²) in [5, 5.41) is 13.8. The number of anilines is 2. The number of alkyl halides is 3. The Hall–Kier alpha value is -3.41. The second-order valence-electron chi connectivity index (χ2n) is 12.1. The molecular weight excluding hydrogens is 539 g/mol. The van der Waals surface area contributed by atoms with Gasteiger partial charge in [0, 0.05) is 44.1 Å². The number of carboxylic acids is 1. The molecule has 224 valence electrons. The maximum Gasteiger partial charge on any atom is 0.416 e. The van der Waals surface area contributed by atoms with Crippen molar-refractivity contribution < 1.29 is 32.6 Å². The summed E-state index contributed by atoms with van der Waals surface area (Å²) in [7, 11) is 3.57. The van der Waals surface area contributed by atoms with Crippen LogP contribution in [0.2, 0.25) is 0 Å². The average Bonchev–Trinajstić information content (AvgIpc) is 3.23. The highest BCUT2D eigenvalue weighted by Gasteiger charge is 2.59. The first-order chi connectivity index (χ1) is 19.1. The molecule has 2 aliphatic heterocycles. The van der Waals surface area contributed by atoms with E-state index in [-0.39, 0.29) is 11.5 Å². The van der Waals surface area contributed by atoms with Crippen molar-refractivity contribution in [1.82, 2.24) is 14.9 Å². The van der Waals surface area contributed by atoms with Crippen molar-refractivity contribution in [2.45, 2.75) is 77.4 Å². The number of carboxylic acid groups (broad SMARTS) is 1. The molecule has 0 unspecified atom stereocenters. The van der Waals surface area contributed by atoms with Gasteiger partial charge in [-0.25, -0.2) is 14.8 Å². The molecule has 0 spiro atoms. The zero-order valence-corrected chi connectivity index (χ0v) is 24.2. The Bertz CT molecular complexity index is 1270. The van der Waals surface area contributed by atoms with E-state index < -0.39 is 59.2 Å². The molecule has 2 fully saturated rings. The zero-order valence-electron chi connectivity index (χ0n) is 24.2. The van der Waals surface area contributed by atoms with E-state index in [1.807, 2.05) is 20.8 Å². The lowest BCUT2D eigenvalue weighted by Gasteiger charge is -2.36. The molecule has 2 aromatic rings. The number of aliphatic carboxylic acids is 1. The van der Waals surface area contributed by atoms with Crippen molar-refractivity contribution in [3.63, 3.8) is 0 Å². The molecule has 0 saturated carbocycles. The van der Waals surface area contributed by atoms with E-state index in [2.05, 4.69) is 15.3 Å². The second-order valence-corrected chi connectivity index (χ2v) is 12.1. The summed E-state index contributed by atoms with van der Waals surface area (Å²) < 4.78 is 47.0. The maximum atomic E-state index is 14.2. The molecule has 12 heteroatoms. The van der Waals surface area contributed by atoms with Crippen LogP contribution in [-0.2, 0) is 20.5 Å². The number of amides is 1. The Morgan fingerprint density at radius 2 is 1.88 bits per heavy atom. The molecule has 5 atom stereocenters. The molecule has 0 radical (unpaired) electrons. The van der Waals surface area contributed by atoms with Crippen molar-refractivity contribution in [3.8, 4) is 0 Å². The van der Waals surface area contributed by atoms with Gasteiger partial charge in [0.1, 0.15) is 23.8 Å². The molecule has 9 nitrogen and oxygen atoms in total. The van der Waals surface area contributed by atoms with Crippen LogP contribution in [0.5, 0.6) is 0 Å². The summed E-state index contributed by atoms with van der Waals surface area (Å²) in [6.07, 6.45) is -1.80. The molecule has 0 bridgehead atoms. The highest BCUT2D eigenvalue weighted by atomic mass is 19.4. The molecule has 41 heavy (non-hydrogen) atoms. The van der Waals surface area contributed by atoms with Crippen LogP contribution in [0.3, 0.4) is 0 Å². The van der Waals surface area contributed by atoms with E-state index in [4.69, 9.17) is 4.74 Å². The van der Waals surface area contributed by atoms with Crippen molar-refractivity contribution in [3.05, 3.63) is 47.3 Å². The number of hydrogen-bond donors (Lipinski definition) is 2. The molecule has 2 aromatic heterocycles. The Morgan fingerprint density at radius 3 is 2.44 bits per heavy atom. The quantitative estimate of drug-likeness (QED) is 0.498. The van der Waals surface area contributed by atoms with E-state index in [1.165, 1.54) is 11.8 Å². The monoisotopic (exact) mass is 577 g/mol. The van der Waals surface area contributed by atoms with Crippen LogP contribution in [0.1, 0.15) is 62.9 Å². The second kappa shape index (κ2) is 11.5. The summed E-state index contributed by atoms with van der Waals surface area (Å²) >= 11 is 0. The van der Waals surface area contributed by atoms with Gasteiger partial charge in [-0.1, -0.05) is 26.8 Å². The molecule has 1 amide bonds. The fourth-order valence-electron chi connectivity index (χ4n) is 6.18. The average molecular weight is 578 g/mol. The third-order valence-electron chi connectivity index (χ3n) is 7.78. The number of rotatable bonds is 6. The molecule has 4 heterocycles. The minimum Gasteiger partial charge on any atom is -0.480 e. The predicted octanol–water partition coefficient (Wildman–Crippen LogP) is 4.92. The molecular formula is C29H38F3N5O4. The van der Waals surface area contributed by atoms with Crippen molar-refractivity contribution in [2.75, 3.05) is 30.9 Å². The fraction of sp³-hybridized carbons (Fsp3) is 0.586. The SMILES string of the molecule is Cc1cc(C(F)(F)F)cc(N[C@H]2[C@H](C(C)(C)C)[C@@H](C(=O)O)N(C(=O)[C@H]3CCCCO3)[C@H]2c2cccnc2N(C)C)n1. The first-order valence-corrected chi connectivity index (χ1v) is 13.7. The van der Waals surface area contributed by atoms with Crippen LogP contribution < -0.4 is 10.2 Å². The van der Waals surface area contributed by atoms with Gasteiger partial charge >= 0.3 is 12.1 Å². The van der Waals surface area contributed by atoms with E-state index in [1.54, 1.807) is 37.3 Å². The number of ether oxygens (including phenoxy) is 1. The van der Waals surface area contributed by atoms with Crippen LogP contribution in [0.15, 0.2) is 30.5 Å². The Labute approximate surface area is 238 Å². The van der Waals surface area contributed by atoms with Gasteiger partial charge in [0.05, 0.1) is 17.6 Å². The minimum atomic E-state index is -4.60. The van der Waals surface area contributed by atoms with E-state index in [0.717, 1.165) is 25.0 Å². The van der Waals surface area contributed by atoms with Gasteiger partial charge in [-0.2, -0.15) is 13.2 Å².